The Bertz CT molecular complexity index is 1060. The van der Waals surface area contributed by atoms with Gasteiger partial charge in [-0.3, -0.25) is 4.79 Å². The minimum atomic E-state index is -0.350. The summed E-state index contributed by atoms with van der Waals surface area (Å²) < 4.78 is 12.4. The molecule has 0 aliphatic rings. The van der Waals surface area contributed by atoms with Gasteiger partial charge in [0.15, 0.2) is 6.54 Å². The largest absolute Gasteiger partial charge is 1.00 e. The van der Waals surface area contributed by atoms with E-state index in [-0.39, 0.29) is 40.6 Å². The van der Waals surface area contributed by atoms with Crippen molar-refractivity contribution in [1.82, 2.24) is 4.90 Å². The number of halogens is 1. The zero-order valence-electron chi connectivity index (χ0n) is 23.4. The molecule has 0 aliphatic carbocycles. The van der Waals surface area contributed by atoms with Crippen LogP contribution in [0.2, 0.25) is 0 Å². The lowest BCUT2D eigenvalue weighted by Crippen LogP contribution is -3.00. The molecule has 6 nitrogen and oxygen atoms in total. The van der Waals surface area contributed by atoms with Gasteiger partial charge in [-0.25, -0.2) is 4.79 Å². The van der Waals surface area contributed by atoms with Crippen LogP contribution in [0.15, 0.2) is 45.1 Å². The van der Waals surface area contributed by atoms with Gasteiger partial charge in [0.2, 0.25) is 0 Å². The predicted molar refractivity (Wildman–Crippen MR) is 144 cm³/mol. The number of hydrogen-bond acceptors (Lipinski definition) is 4. The Morgan fingerprint density at radius 3 is 2.28 bits per heavy atom. The molecule has 0 fully saturated rings. The molecule has 0 bridgehead atoms. The highest BCUT2D eigenvalue weighted by Gasteiger charge is 2.27. The fourth-order valence-corrected chi connectivity index (χ4v) is 4.51. The van der Waals surface area contributed by atoms with Crippen molar-refractivity contribution in [2.24, 2.45) is 0 Å². The summed E-state index contributed by atoms with van der Waals surface area (Å²) in [6, 6.07) is 7.58. The SMILES string of the molecule is CC(C)=CCc1c(OCCCCC[N+](C)(C)CC(=O)N(C(C)C)C(C)C)ccc2ccc(=O)oc12.[Br-]. The molecule has 36 heavy (non-hydrogen) atoms. The maximum Gasteiger partial charge on any atom is 0.336 e. The smallest absolute Gasteiger partial charge is 0.336 e. The van der Waals surface area contributed by atoms with Crippen LogP contribution in [0, 0.1) is 0 Å². The number of carbonyl (C=O) groups excluding carboxylic acids is 1. The first kappa shape index (κ1) is 31.9. The van der Waals surface area contributed by atoms with E-state index < -0.39 is 0 Å². The van der Waals surface area contributed by atoms with Gasteiger partial charge in [-0.05, 0) is 85.4 Å². The van der Waals surface area contributed by atoms with Crippen LogP contribution in [0.5, 0.6) is 5.75 Å². The van der Waals surface area contributed by atoms with Crippen molar-refractivity contribution in [3.05, 3.63) is 51.9 Å². The Morgan fingerprint density at radius 1 is 1.03 bits per heavy atom. The second-order valence-corrected chi connectivity index (χ2v) is 10.9. The van der Waals surface area contributed by atoms with Gasteiger partial charge >= 0.3 is 5.63 Å². The van der Waals surface area contributed by atoms with E-state index in [1.165, 1.54) is 11.6 Å². The van der Waals surface area contributed by atoms with Crippen molar-refractivity contribution in [3.63, 3.8) is 0 Å². The fourth-order valence-electron chi connectivity index (χ4n) is 4.51. The van der Waals surface area contributed by atoms with Crippen molar-refractivity contribution in [2.75, 3.05) is 33.8 Å². The van der Waals surface area contributed by atoms with Gasteiger partial charge in [-0.15, -0.1) is 0 Å². The first-order valence-electron chi connectivity index (χ1n) is 12.9. The summed E-state index contributed by atoms with van der Waals surface area (Å²) in [6.07, 6.45) is 5.77. The standard InChI is InChI=1S/C29H45N2O4.BrH/c1-21(2)12-15-25-26(16-13-24-14-17-28(33)35-29(24)25)34-19-11-9-10-18-31(7,8)20-27(32)30(22(3)4)23(5)6;/h12-14,16-17,22-23H,9-11,15,18-20H2,1-8H3;1H/q+1;/p-1. The third kappa shape index (κ3) is 9.74. The molecule has 2 rings (SSSR count). The van der Waals surface area contributed by atoms with Crippen LogP contribution in [0.25, 0.3) is 11.0 Å². The minimum Gasteiger partial charge on any atom is -1.00 e. The number of benzene rings is 1. The number of unbranched alkanes of at least 4 members (excludes halogenated alkanes) is 2. The van der Waals surface area contributed by atoms with Crippen LogP contribution in [0.3, 0.4) is 0 Å². The Labute approximate surface area is 227 Å². The van der Waals surface area contributed by atoms with Crippen LogP contribution >= 0.6 is 0 Å². The minimum absolute atomic E-state index is 0. The summed E-state index contributed by atoms with van der Waals surface area (Å²) in [7, 11) is 4.26. The first-order chi connectivity index (χ1) is 16.4. The quantitative estimate of drug-likeness (QED) is 0.162. The fraction of sp³-hybridized carbons (Fsp3) is 0.586. The Kier molecular flexibility index (Phi) is 12.9. The maximum absolute atomic E-state index is 12.8. The van der Waals surface area contributed by atoms with Gasteiger partial charge in [0, 0.05) is 29.1 Å². The number of likely N-dealkylation sites (N-methyl/N-ethyl adjacent to an activating group) is 1. The average Bonchev–Trinajstić information content (AvgIpc) is 2.73. The molecule has 1 heterocycles. The molecular weight excluding hydrogens is 520 g/mol. The molecule has 0 saturated heterocycles. The summed E-state index contributed by atoms with van der Waals surface area (Å²) in [5.41, 5.74) is 2.37. The lowest BCUT2D eigenvalue weighted by atomic mass is 10.1. The van der Waals surface area contributed by atoms with E-state index in [0.717, 1.165) is 42.5 Å². The Hall–Kier alpha value is -2.12. The van der Waals surface area contributed by atoms with Crippen LogP contribution in [0.1, 0.15) is 66.4 Å². The third-order valence-corrected chi connectivity index (χ3v) is 6.19. The molecule has 0 spiro atoms. The molecule has 0 saturated carbocycles. The van der Waals surface area contributed by atoms with E-state index in [0.29, 0.717) is 29.6 Å². The van der Waals surface area contributed by atoms with E-state index in [1.807, 2.05) is 17.0 Å². The predicted octanol–water partition coefficient (Wildman–Crippen LogP) is 2.58. The van der Waals surface area contributed by atoms with Gasteiger partial charge in [0.25, 0.3) is 5.91 Å². The third-order valence-electron chi connectivity index (χ3n) is 6.19. The highest BCUT2D eigenvalue weighted by molar-refractivity contribution is 5.82. The molecule has 1 aromatic carbocycles. The molecule has 1 amide bonds. The van der Waals surface area contributed by atoms with E-state index in [1.54, 1.807) is 6.07 Å². The first-order valence-corrected chi connectivity index (χ1v) is 12.9. The molecular formula is C29H45BrN2O4. The number of rotatable bonds is 13. The van der Waals surface area contributed by atoms with Gasteiger partial charge in [-0.1, -0.05) is 11.6 Å². The van der Waals surface area contributed by atoms with Crippen molar-refractivity contribution in [3.8, 4) is 5.75 Å². The Morgan fingerprint density at radius 2 is 1.67 bits per heavy atom. The van der Waals surface area contributed by atoms with Crippen LogP contribution in [-0.4, -0.2) is 61.2 Å². The molecule has 2 aromatic rings. The highest BCUT2D eigenvalue weighted by Crippen LogP contribution is 2.28. The monoisotopic (exact) mass is 564 g/mol. The number of carbonyl (C=O) groups is 1. The van der Waals surface area contributed by atoms with Crippen molar-refractivity contribution in [1.29, 1.82) is 0 Å². The van der Waals surface area contributed by atoms with Gasteiger partial charge < -0.3 is 35.5 Å². The number of nitrogens with zero attached hydrogens (tertiary/aromatic N) is 2. The van der Waals surface area contributed by atoms with E-state index in [4.69, 9.17) is 9.15 Å². The number of amides is 1. The molecule has 7 heteroatoms. The maximum atomic E-state index is 12.8. The second-order valence-electron chi connectivity index (χ2n) is 10.9. The molecule has 0 unspecified atom stereocenters. The van der Waals surface area contributed by atoms with E-state index >= 15 is 0 Å². The van der Waals surface area contributed by atoms with Crippen molar-refractivity contribution in [2.45, 2.75) is 79.3 Å². The molecule has 1 aromatic heterocycles. The molecule has 0 N–H and O–H groups in total. The summed E-state index contributed by atoms with van der Waals surface area (Å²) in [5.74, 6) is 0.990. The number of hydrogen-bond donors (Lipinski definition) is 0. The van der Waals surface area contributed by atoms with E-state index in [9.17, 15) is 9.59 Å². The lowest BCUT2D eigenvalue weighted by molar-refractivity contribution is -0.883. The molecule has 0 atom stereocenters. The molecule has 0 radical (unpaired) electrons. The number of allylic oxidation sites excluding steroid dienone is 2. The lowest BCUT2D eigenvalue weighted by Gasteiger charge is -2.35. The van der Waals surface area contributed by atoms with E-state index in [2.05, 4.69) is 61.7 Å². The van der Waals surface area contributed by atoms with Gasteiger partial charge in [0.1, 0.15) is 11.3 Å². The van der Waals surface area contributed by atoms with Crippen molar-refractivity contribution >= 4 is 16.9 Å². The normalized spacial score (nSPS) is 11.5. The zero-order chi connectivity index (χ0) is 26.2. The summed E-state index contributed by atoms with van der Waals surface area (Å²) in [5, 5.41) is 0.900. The topological polar surface area (TPSA) is 59.8 Å². The summed E-state index contributed by atoms with van der Waals surface area (Å²) >= 11 is 0. The average molecular weight is 566 g/mol. The number of ether oxygens (including phenoxy) is 1. The highest BCUT2D eigenvalue weighted by atomic mass is 79.9. The Balaban J connectivity index is 0.00000648. The summed E-state index contributed by atoms with van der Waals surface area (Å²) in [6.45, 7) is 14.5. The summed E-state index contributed by atoms with van der Waals surface area (Å²) in [4.78, 5) is 26.6. The molecule has 202 valence electrons. The van der Waals surface area contributed by atoms with Crippen LogP contribution < -0.4 is 27.3 Å². The molecule has 0 aliphatic heterocycles. The van der Waals surface area contributed by atoms with Gasteiger partial charge in [-0.2, -0.15) is 0 Å². The number of quaternary nitrogens is 1. The zero-order valence-corrected chi connectivity index (χ0v) is 25.0. The van der Waals surface area contributed by atoms with Crippen LogP contribution in [0.4, 0.5) is 0 Å². The number of fused-ring (bicyclic) bond motifs is 1. The van der Waals surface area contributed by atoms with Gasteiger partial charge in [0.05, 0.1) is 27.2 Å². The second kappa shape index (κ2) is 14.6. The van der Waals surface area contributed by atoms with Crippen molar-refractivity contribution < 1.29 is 35.4 Å². The van der Waals surface area contributed by atoms with Crippen LogP contribution in [-0.2, 0) is 11.2 Å².